The van der Waals surface area contributed by atoms with Crippen LogP contribution in [0.4, 0.5) is 5.69 Å². The third-order valence-corrected chi connectivity index (χ3v) is 5.62. The second-order valence-electron chi connectivity index (χ2n) is 7.38. The van der Waals surface area contributed by atoms with Crippen molar-refractivity contribution < 1.29 is 9.59 Å². The number of amides is 2. The maximum Gasteiger partial charge on any atom is 0.244 e. The van der Waals surface area contributed by atoms with E-state index in [1.54, 1.807) is 6.92 Å². The molecular weight excluding hydrogens is 314 g/mol. The highest BCUT2D eigenvalue weighted by atomic mass is 16.2. The number of hydrogen-bond acceptors (Lipinski definition) is 3. The summed E-state index contributed by atoms with van der Waals surface area (Å²) >= 11 is 0. The van der Waals surface area contributed by atoms with Crippen molar-refractivity contribution in [3.63, 3.8) is 0 Å². The third kappa shape index (κ3) is 4.14. The van der Waals surface area contributed by atoms with Crippen molar-refractivity contribution in [3.05, 3.63) is 30.3 Å². The minimum atomic E-state index is -0.454. The molecule has 136 valence electrons. The minimum Gasteiger partial charge on any atom is -0.369 e. The van der Waals surface area contributed by atoms with E-state index >= 15 is 0 Å². The van der Waals surface area contributed by atoms with E-state index in [0.29, 0.717) is 0 Å². The molecule has 3 rings (SSSR count). The third-order valence-electron chi connectivity index (χ3n) is 5.62. The molecule has 0 spiro atoms. The molecule has 1 aromatic carbocycles. The molecule has 2 atom stereocenters. The molecule has 2 aliphatic rings. The van der Waals surface area contributed by atoms with Crippen LogP contribution < -0.4 is 10.2 Å². The van der Waals surface area contributed by atoms with Gasteiger partial charge in [-0.2, -0.15) is 0 Å². The summed E-state index contributed by atoms with van der Waals surface area (Å²) in [5, 5.41) is 2.90. The van der Waals surface area contributed by atoms with Gasteiger partial charge in [0.25, 0.3) is 0 Å². The summed E-state index contributed by atoms with van der Waals surface area (Å²) in [7, 11) is 1.87. The van der Waals surface area contributed by atoms with Crippen LogP contribution in [0.15, 0.2) is 30.3 Å². The summed E-state index contributed by atoms with van der Waals surface area (Å²) in [5.74, 6) is 0.159. The molecule has 1 saturated carbocycles. The second kappa shape index (κ2) is 7.89. The molecule has 1 aromatic rings. The minimum absolute atomic E-state index is 0.00702. The van der Waals surface area contributed by atoms with Crippen LogP contribution in [0.25, 0.3) is 0 Å². The lowest BCUT2D eigenvalue weighted by atomic mass is 9.84. The molecular formula is C20H29N3O2. The highest BCUT2D eigenvalue weighted by Crippen LogP contribution is 2.26. The van der Waals surface area contributed by atoms with E-state index in [2.05, 4.69) is 22.3 Å². The Hall–Kier alpha value is -2.04. The smallest absolute Gasteiger partial charge is 0.244 e. The average molecular weight is 343 g/mol. The highest BCUT2D eigenvalue weighted by Gasteiger charge is 2.31. The first-order valence-corrected chi connectivity index (χ1v) is 9.43. The Balaban J connectivity index is 1.56. The fraction of sp³-hybridized carbons (Fsp3) is 0.600. The van der Waals surface area contributed by atoms with Crippen molar-refractivity contribution in [2.45, 2.75) is 51.1 Å². The van der Waals surface area contributed by atoms with Gasteiger partial charge < -0.3 is 15.1 Å². The summed E-state index contributed by atoms with van der Waals surface area (Å²) in [6.07, 6.45) is 5.11. The summed E-state index contributed by atoms with van der Waals surface area (Å²) in [4.78, 5) is 29.0. The molecule has 2 amide bonds. The van der Waals surface area contributed by atoms with Gasteiger partial charge in [0.15, 0.2) is 0 Å². The van der Waals surface area contributed by atoms with E-state index in [9.17, 15) is 9.59 Å². The van der Waals surface area contributed by atoms with Crippen molar-refractivity contribution in [2.75, 3.05) is 25.0 Å². The normalized spacial score (nSPS) is 22.0. The first kappa shape index (κ1) is 17.8. The average Bonchev–Trinajstić information content (AvgIpc) is 2.59. The first-order valence-electron chi connectivity index (χ1n) is 9.43. The Morgan fingerprint density at radius 2 is 1.88 bits per heavy atom. The van der Waals surface area contributed by atoms with Crippen LogP contribution in [0.3, 0.4) is 0 Å². The van der Waals surface area contributed by atoms with Crippen molar-refractivity contribution in [1.29, 1.82) is 0 Å². The molecule has 0 radical (unpaired) electrons. The van der Waals surface area contributed by atoms with Gasteiger partial charge >= 0.3 is 0 Å². The van der Waals surface area contributed by atoms with Gasteiger partial charge in [-0.1, -0.05) is 24.6 Å². The number of rotatable bonds is 5. The quantitative estimate of drug-likeness (QED) is 0.893. The van der Waals surface area contributed by atoms with E-state index in [4.69, 9.17) is 0 Å². The highest BCUT2D eigenvalue weighted by molar-refractivity contribution is 5.88. The first-order chi connectivity index (χ1) is 12.1. The topological polar surface area (TPSA) is 52.7 Å². The zero-order valence-corrected chi connectivity index (χ0v) is 15.3. The molecule has 5 nitrogen and oxygen atoms in total. The lowest BCUT2D eigenvalue weighted by Gasteiger charge is -2.39. The van der Waals surface area contributed by atoms with Gasteiger partial charge in [0.05, 0.1) is 0 Å². The van der Waals surface area contributed by atoms with Crippen LogP contribution in [0.1, 0.15) is 39.0 Å². The van der Waals surface area contributed by atoms with Crippen LogP contribution in [0.2, 0.25) is 0 Å². The van der Waals surface area contributed by atoms with Gasteiger partial charge in [0, 0.05) is 37.8 Å². The summed E-state index contributed by atoms with van der Waals surface area (Å²) < 4.78 is 0. The zero-order chi connectivity index (χ0) is 17.8. The van der Waals surface area contributed by atoms with E-state index < -0.39 is 6.04 Å². The Morgan fingerprint density at radius 3 is 2.52 bits per heavy atom. The van der Waals surface area contributed by atoms with E-state index in [1.807, 2.05) is 30.1 Å². The maximum absolute atomic E-state index is 12.7. The molecule has 0 unspecified atom stereocenters. The van der Waals surface area contributed by atoms with Gasteiger partial charge in [-0.15, -0.1) is 0 Å². The zero-order valence-electron chi connectivity index (χ0n) is 15.3. The largest absolute Gasteiger partial charge is 0.369 e. The Morgan fingerprint density at radius 1 is 1.16 bits per heavy atom. The van der Waals surface area contributed by atoms with Gasteiger partial charge in [0.1, 0.15) is 6.04 Å². The summed E-state index contributed by atoms with van der Waals surface area (Å²) in [5.41, 5.74) is 1.21. The lowest BCUT2D eigenvalue weighted by molar-refractivity contribution is -0.138. The van der Waals surface area contributed by atoms with Crippen molar-refractivity contribution in [1.82, 2.24) is 10.2 Å². The molecule has 1 saturated heterocycles. The molecule has 1 aliphatic carbocycles. The van der Waals surface area contributed by atoms with Gasteiger partial charge in [-0.05, 0) is 44.7 Å². The van der Waals surface area contributed by atoms with Crippen molar-refractivity contribution >= 4 is 17.5 Å². The SMILES string of the molecule is C[C@H](NC(=O)C1CCC1)C(=O)N(C)[C@H]1CCCN(c2ccccc2)C1. The predicted octanol–water partition coefficient (Wildman–Crippen LogP) is 2.42. The second-order valence-corrected chi connectivity index (χ2v) is 7.38. The van der Waals surface area contributed by atoms with Crippen LogP contribution in [0.5, 0.6) is 0 Å². The number of carbonyl (C=O) groups is 2. The van der Waals surface area contributed by atoms with Crippen LogP contribution >= 0.6 is 0 Å². The fourth-order valence-corrected chi connectivity index (χ4v) is 3.69. The van der Waals surface area contributed by atoms with Crippen molar-refractivity contribution in [2.24, 2.45) is 5.92 Å². The number of nitrogens with one attached hydrogen (secondary N) is 1. The molecule has 5 heteroatoms. The number of hydrogen-bond donors (Lipinski definition) is 1. The van der Waals surface area contributed by atoms with Gasteiger partial charge in [-0.25, -0.2) is 0 Å². The van der Waals surface area contributed by atoms with Crippen molar-refractivity contribution in [3.8, 4) is 0 Å². The molecule has 0 aromatic heterocycles. The molecule has 0 bridgehead atoms. The van der Waals surface area contributed by atoms with Crippen LogP contribution in [0, 0.1) is 5.92 Å². The number of nitrogens with zero attached hydrogens (tertiary/aromatic N) is 2. The maximum atomic E-state index is 12.7. The lowest BCUT2D eigenvalue weighted by Crippen LogP contribution is -2.54. The van der Waals surface area contributed by atoms with Gasteiger partial charge in [-0.3, -0.25) is 9.59 Å². The molecule has 1 aliphatic heterocycles. The van der Waals surface area contributed by atoms with Crippen LogP contribution in [-0.2, 0) is 9.59 Å². The fourth-order valence-electron chi connectivity index (χ4n) is 3.69. The summed E-state index contributed by atoms with van der Waals surface area (Å²) in [6.45, 7) is 3.67. The Labute approximate surface area is 150 Å². The van der Waals surface area contributed by atoms with E-state index in [1.165, 1.54) is 5.69 Å². The molecule has 2 fully saturated rings. The standard InChI is InChI=1S/C20H29N3O2/c1-15(21-19(24)16-8-6-9-16)20(25)22(2)18-12-7-13-23(14-18)17-10-4-3-5-11-17/h3-5,10-11,15-16,18H,6-9,12-14H2,1-2H3,(H,21,24)/t15-,18-/m0/s1. The Kier molecular flexibility index (Phi) is 5.61. The van der Waals surface area contributed by atoms with Crippen LogP contribution in [-0.4, -0.2) is 48.9 Å². The van der Waals surface area contributed by atoms with Gasteiger partial charge in [0.2, 0.25) is 11.8 Å². The number of anilines is 1. The molecule has 25 heavy (non-hydrogen) atoms. The summed E-state index contributed by atoms with van der Waals surface area (Å²) in [6, 6.07) is 10.1. The molecule has 1 N–H and O–H groups in total. The monoisotopic (exact) mass is 343 g/mol. The number of carbonyl (C=O) groups excluding carboxylic acids is 2. The number of benzene rings is 1. The van der Waals surface area contributed by atoms with E-state index in [0.717, 1.165) is 45.2 Å². The molecule has 1 heterocycles. The predicted molar refractivity (Wildman–Crippen MR) is 99.4 cm³/mol. The number of likely N-dealkylation sites (N-methyl/N-ethyl adjacent to an activating group) is 1. The Bertz CT molecular complexity index is 600. The number of para-hydroxylation sites is 1. The van der Waals surface area contributed by atoms with E-state index in [-0.39, 0.29) is 23.8 Å². The number of piperidine rings is 1.